The minimum absolute atomic E-state index is 0.333. The van der Waals surface area contributed by atoms with Crippen molar-refractivity contribution < 1.29 is 13.6 Å². The van der Waals surface area contributed by atoms with Gasteiger partial charge < -0.3 is 11.1 Å². The third-order valence-electron chi connectivity index (χ3n) is 2.14. The molecule has 0 aliphatic carbocycles. The summed E-state index contributed by atoms with van der Waals surface area (Å²) in [4.78, 5) is 11.9. The number of nitrogens with one attached hydrogen (secondary N) is 1. The molecule has 3 N–H and O–H groups in total. The second-order valence-electron chi connectivity index (χ2n) is 3.38. The molecule has 94 valence electrons. The van der Waals surface area contributed by atoms with Crippen molar-refractivity contribution in [2.24, 2.45) is 5.73 Å². The van der Waals surface area contributed by atoms with Crippen molar-refractivity contribution in [3.05, 3.63) is 24.3 Å². The molecule has 0 aliphatic heterocycles. The Morgan fingerprint density at radius 2 is 2.12 bits per heavy atom. The maximum absolute atomic E-state index is 12.3. The number of amides is 1. The SMILES string of the molecule is CC[C@@H](N)C(=O)Nc1ccccc1SC(F)F. The van der Waals surface area contributed by atoms with E-state index in [9.17, 15) is 13.6 Å². The number of nitrogens with two attached hydrogens (primary N) is 1. The number of carbonyl (C=O) groups is 1. The molecule has 1 rings (SSSR count). The summed E-state index contributed by atoms with van der Waals surface area (Å²) in [6, 6.07) is 5.79. The van der Waals surface area contributed by atoms with Crippen LogP contribution >= 0.6 is 11.8 Å². The molecule has 0 fully saturated rings. The summed E-state index contributed by atoms with van der Waals surface area (Å²) in [6.45, 7) is 1.78. The van der Waals surface area contributed by atoms with Crippen LogP contribution in [0.2, 0.25) is 0 Å². The minimum Gasteiger partial charge on any atom is -0.324 e. The molecule has 1 amide bonds. The number of anilines is 1. The molecule has 0 saturated carbocycles. The second kappa shape index (κ2) is 6.56. The summed E-state index contributed by atoms with van der Waals surface area (Å²) in [5, 5.41) is 2.55. The smallest absolute Gasteiger partial charge is 0.288 e. The van der Waals surface area contributed by atoms with Crippen LogP contribution in [0, 0.1) is 0 Å². The van der Waals surface area contributed by atoms with Crippen molar-refractivity contribution in [1.29, 1.82) is 0 Å². The van der Waals surface area contributed by atoms with Crippen LogP contribution in [0.1, 0.15) is 13.3 Å². The third-order valence-corrected chi connectivity index (χ3v) is 2.93. The summed E-state index contributed by atoms with van der Waals surface area (Å²) in [5.74, 6) is -2.89. The van der Waals surface area contributed by atoms with Crippen LogP contribution in [0.5, 0.6) is 0 Å². The molecule has 3 nitrogen and oxygen atoms in total. The Hall–Kier alpha value is -1.14. The van der Waals surface area contributed by atoms with Crippen LogP contribution in [0.4, 0.5) is 14.5 Å². The fourth-order valence-corrected chi connectivity index (χ4v) is 1.77. The molecule has 1 aromatic carbocycles. The van der Waals surface area contributed by atoms with E-state index in [0.29, 0.717) is 28.8 Å². The highest BCUT2D eigenvalue weighted by atomic mass is 32.2. The molecule has 0 unspecified atom stereocenters. The van der Waals surface area contributed by atoms with Crippen molar-refractivity contribution in [3.63, 3.8) is 0 Å². The van der Waals surface area contributed by atoms with Crippen LogP contribution in [0.15, 0.2) is 29.2 Å². The van der Waals surface area contributed by atoms with Crippen LogP contribution in [-0.4, -0.2) is 17.7 Å². The lowest BCUT2D eigenvalue weighted by Gasteiger charge is -2.13. The van der Waals surface area contributed by atoms with Gasteiger partial charge in [-0.05, 0) is 18.6 Å². The molecule has 0 heterocycles. The van der Waals surface area contributed by atoms with Gasteiger partial charge in [0, 0.05) is 4.90 Å². The fraction of sp³-hybridized carbons (Fsp3) is 0.364. The average molecular weight is 260 g/mol. The van der Waals surface area contributed by atoms with E-state index in [4.69, 9.17) is 5.73 Å². The lowest BCUT2D eigenvalue weighted by Crippen LogP contribution is -2.34. The maximum atomic E-state index is 12.3. The molecule has 1 atom stereocenters. The number of hydrogen-bond acceptors (Lipinski definition) is 3. The number of carbonyl (C=O) groups excluding carboxylic acids is 1. The minimum atomic E-state index is -2.52. The third kappa shape index (κ3) is 4.32. The standard InChI is InChI=1S/C11H14F2N2OS/c1-2-7(14)10(16)15-8-5-3-4-6-9(8)17-11(12)13/h3-7,11H,2,14H2,1H3,(H,15,16)/t7-/m1/s1. The zero-order valence-electron chi connectivity index (χ0n) is 9.32. The lowest BCUT2D eigenvalue weighted by molar-refractivity contribution is -0.117. The Kier molecular flexibility index (Phi) is 5.37. The zero-order chi connectivity index (χ0) is 12.8. The van der Waals surface area contributed by atoms with E-state index < -0.39 is 11.8 Å². The van der Waals surface area contributed by atoms with E-state index in [0.717, 1.165) is 0 Å². The molecule has 0 aliphatic rings. The molecular formula is C11H14F2N2OS. The first-order valence-electron chi connectivity index (χ1n) is 5.15. The van der Waals surface area contributed by atoms with E-state index in [1.165, 1.54) is 6.07 Å². The quantitative estimate of drug-likeness (QED) is 0.800. The summed E-state index contributed by atoms with van der Waals surface area (Å²) >= 11 is 0.397. The summed E-state index contributed by atoms with van der Waals surface area (Å²) in [6.07, 6.45) is 0.496. The van der Waals surface area contributed by atoms with Gasteiger partial charge in [-0.25, -0.2) is 0 Å². The van der Waals surface area contributed by atoms with Crippen LogP contribution < -0.4 is 11.1 Å². The summed E-state index contributed by atoms with van der Waals surface area (Å²) in [7, 11) is 0. The normalized spacial score (nSPS) is 12.5. The highest BCUT2D eigenvalue weighted by Crippen LogP contribution is 2.31. The zero-order valence-corrected chi connectivity index (χ0v) is 10.1. The van der Waals surface area contributed by atoms with Crippen molar-refractivity contribution in [2.45, 2.75) is 30.0 Å². The van der Waals surface area contributed by atoms with Gasteiger partial charge in [0.25, 0.3) is 5.76 Å². The molecule has 0 spiro atoms. The highest BCUT2D eigenvalue weighted by Gasteiger charge is 2.14. The Morgan fingerprint density at radius 1 is 1.47 bits per heavy atom. The van der Waals surface area contributed by atoms with E-state index >= 15 is 0 Å². The molecule has 17 heavy (non-hydrogen) atoms. The van der Waals surface area contributed by atoms with Crippen LogP contribution in [0.25, 0.3) is 0 Å². The van der Waals surface area contributed by atoms with Gasteiger partial charge >= 0.3 is 0 Å². The molecule has 6 heteroatoms. The number of thioether (sulfide) groups is 1. The van der Waals surface area contributed by atoms with Gasteiger partial charge in [-0.2, -0.15) is 8.78 Å². The Balaban J connectivity index is 2.79. The van der Waals surface area contributed by atoms with E-state index in [-0.39, 0.29) is 5.91 Å². The Bertz CT molecular complexity index is 387. The van der Waals surface area contributed by atoms with Gasteiger partial charge in [0.05, 0.1) is 11.7 Å². The molecule has 1 aromatic rings. The number of alkyl halides is 2. The molecular weight excluding hydrogens is 246 g/mol. The first kappa shape index (κ1) is 13.9. The number of halogens is 2. The first-order valence-corrected chi connectivity index (χ1v) is 6.02. The highest BCUT2D eigenvalue weighted by molar-refractivity contribution is 7.99. The second-order valence-corrected chi connectivity index (χ2v) is 4.41. The lowest BCUT2D eigenvalue weighted by atomic mass is 10.2. The van der Waals surface area contributed by atoms with Crippen molar-refractivity contribution in [1.82, 2.24) is 0 Å². The first-order chi connectivity index (χ1) is 8.04. The molecule has 0 radical (unpaired) electrons. The summed E-state index contributed by atoms with van der Waals surface area (Å²) in [5.41, 5.74) is 5.92. The average Bonchev–Trinajstić information content (AvgIpc) is 2.29. The van der Waals surface area contributed by atoms with Crippen molar-refractivity contribution >= 4 is 23.4 Å². The summed E-state index contributed by atoms with van der Waals surface area (Å²) < 4.78 is 24.6. The predicted molar refractivity (Wildman–Crippen MR) is 65.2 cm³/mol. The van der Waals surface area contributed by atoms with E-state index in [1.54, 1.807) is 25.1 Å². The maximum Gasteiger partial charge on any atom is 0.288 e. The number of benzene rings is 1. The van der Waals surface area contributed by atoms with Gasteiger partial charge in [-0.3, -0.25) is 4.79 Å². The van der Waals surface area contributed by atoms with Crippen LogP contribution in [-0.2, 0) is 4.79 Å². The van der Waals surface area contributed by atoms with Crippen LogP contribution in [0.3, 0.4) is 0 Å². The Morgan fingerprint density at radius 3 is 2.71 bits per heavy atom. The largest absolute Gasteiger partial charge is 0.324 e. The van der Waals surface area contributed by atoms with E-state index in [1.807, 2.05) is 0 Å². The topological polar surface area (TPSA) is 55.1 Å². The molecule has 0 aromatic heterocycles. The van der Waals surface area contributed by atoms with Gasteiger partial charge in [-0.15, -0.1) is 0 Å². The molecule has 0 saturated heterocycles. The van der Waals surface area contributed by atoms with Crippen molar-refractivity contribution in [3.8, 4) is 0 Å². The fourth-order valence-electron chi connectivity index (χ4n) is 1.18. The number of para-hydroxylation sites is 1. The van der Waals surface area contributed by atoms with Gasteiger partial charge in [0.1, 0.15) is 0 Å². The van der Waals surface area contributed by atoms with Gasteiger partial charge in [-0.1, -0.05) is 30.8 Å². The number of rotatable bonds is 5. The Labute approximate surface area is 103 Å². The van der Waals surface area contributed by atoms with Gasteiger partial charge in [0.2, 0.25) is 5.91 Å². The predicted octanol–water partition coefficient (Wildman–Crippen LogP) is 2.68. The number of hydrogen-bond donors (Lipinski definition) is 2. The van der Waals surface area contributed by atoms with E-state index in [2.05, 4.69) is 5.32 Å². The van der Waals surface area contributed by atoms with Gasteiger partial charge in [0.15, 0.2) is 0 Å². The monoisotopic (exact) mass is 260 g/mol. The molecule has 0 bridgehead atoms. The van der Waals surface area contributed by atoms with Crippen molar-refractivity contribution in [2.75, 3.05) is 5.32 Å².